The lowest BCUT2D eigenvalue weighted by atomic mass is 10.0. The summed E-state index contributed by atoms with van der Waals surface area (Å²) in [6.07, 6.45) is 29.5. The van der Waals surface area contributed by atoms with Crippen LogP contribution in [0.1, 0.15) is 85.0 Å². The lowest BCUT2D eigenvalue weighted by molar-refractivity contribution is 0.478. The van der Waals surface area contributed by atoms with E-state index in [4.69, 9.17) is 0 Å². The molecule has 2 rings (SSSR count). The maximum Gasteiger partial charge on any atom is -0.0196 e. The number of rotatable bonds is 3. The SMILES string of the molecule is CC(C)(C)CP(C1=C/CCCCC/C=C\1)C1=C/CCCCC/C=C\1. The summed E-state index contributed by atoms with van der Waals surface area (Å²) in [4.78, 5) is 0. The molecule has 2 aliphatic rings. The summed E-state index contributed by atoms with van der Waals surface area (Å²) in [7, 11) is -0.218. The Morgan fingerprint density at radius 2 is 1.17 bits per heavy atom. The molecule has 0 aliphatic heterocycles. The molecule has 0 heterocycles. The van der Waals surface area contributed by atoms with Crippen LogP contribution in [0.25, 0.3) is 0 Å². The van der Waals surface area contributed by atoms with Crippen molar-refractivity contribution in [3.8, 4) is 0 Å². The third-order valence-electron chi connectivity index (χ3n) is 4.69. The van der Waals surface area contributed by atoms with Gasteiger partial charge in [0, 0.05) is 0 Å². The second kappa shape index (κ2) is 10.4. The molecule has 0 amide bonds. The molecule has 0 saturated carbocycles. The summed E-state index contributed by atoms with van der Waals surface area (Å²) in [6, 6.07) is 0. The largest absolute Gasteiger partial charge is 0.0839 e. The Bertz CT molecular complexity index is 447. The molecule has 0 bridgehead atoms. The van der Waals surface area contributed by atoms with Gasteiger partial charge in [-0.1, -0.05) is 70.1 Å². The van der Waals surface area contributed by atoms with Gasteiger partial charge in [-0.15, -0.1) is 0 Å². The lowest BCUT2D eigenvalue weighted by Gasteiger charge is -2.29. The van der Waals surface area contributed by atoms with Crippen LogP contribution in [-0.4, -0.2) is 6.16 Å². The highest BCUT2D eigenvalue weighted by atomic mass is 31.1. The van der Waals surface area contributed by atoms with E-state index in [-0.39, 0.29) is 7.92 Å². The molecule has 0 aromatic heterocycles. The summed E-state index contributed by atoms with van der Waals surface area (Å²) in [5, 5.41) is 3.27. The van der Waals surface area contributed by atoms with Gasteiger partial charge >= 0.3 is 0 Å². The summed E-state index contributed by atoms with van der Waals surface area (Å²) in [5.74, 6) is 0. The Hall–Kier alpha value is -0.610. The molecule has 0 atom stereocenters. The van der Waals surface area contributed by atoms with Crippen molar-refractivity contribution < 1.29 is 0 Å². The molecular formula is C23H37P. The van der Waals surface area contributed by atoms with Gasteiger partial charge < -0.3 is 0 Å². The van der Waals surface area contributed by atoms with E-state index in [0.717, 1.165) is 0 Å². The molecule has 1 heteroatoms. The molecule has 24 heavy (non-hydrogen) atoms. The molecule has 0 aromatic carbocycles. The van der Waals surface area contributed by atoms with Crippen LogP contribution in [0.15, 0.2) is 47.1 Å². The van der Waals surface area contributed by atoms with Crippen molar-refractivity contribution in [2.45, 2.75) is 85.0 Å². The molecule has 2 aliphatic carbocycles. The van der Waals surface area contributed by atoms with Gasteiger partial charge in [-0.2, -0.15) is 0 Å². The monoisotopic (exact) mass is 344 g/mol. The van der Waals surface area contributed by atoms with E-state index in [0.29, 0.717) is 5.41 Å². The standard InChI is InChI=1S/C23H37P/c1-23(2,3)20-24(21-16-12-8-4-5-9-13-17-21)22-18-14-10-6-7-11-15-19-22/h12,14,16-19H,4-11,13,15,20H2,1-3H3/b16-12-,18-14-,21-17+,22-19+. The first-order chi connectivity index (χ1) is 11.6. The van der Waals surface area contributed by atoms with Crippen molar-refractivity contribution in [2.24, 2.45) is 5.41 Å². The van der Waals surface area contributed by atoms with Crippen molar-refractivity contribution in [3.63, 3.8) is 0 Å². The first-order valence-corrected chi connectivity index (χ1v) is 11.6. The molecule has 0 fully saturated rings. The maximum absolute atomic E-state index is 2.57. The van der Waals surface area contributed by atoms with Crippen LogP contribution in [0.4, 0.5) is 0 Å². The average Bonchev–Trinajstić information content (AvgIpc) is 2.74. The van der Waals surface area contributed by atoms with Crippen LogP contribution in [0.5, 0.6) is 0 Å². The quantitative estimate of drug-likeness (QED) is 0.451. The number of hydrogen-bond donors (Lipinski definition) is 0. The van der Waals surface area contributed by atoms with Crippen LogP contribution < -0.4 is 0 Å². The Kier molecular flexibility index (Phi) is 8.54. The zero-order valence-electron chi connectivity index (χ0n) is 16.2. The van der Waals surface area contributed by atoms with E-state index < -0.39 is 0 Å². The highest BCUT2D eigenvalue weighted by Gasteiger charge is 2.23. The van der Waals surface area contributed by atoms with E-state index in [1.54, 1.807) is 10.6 Å². The molecule has 0 N–H and O–H groups in total. The van der Waals surface area contributed by atoms with Gasteiger partial charge in [0.15, 0.2) is 0 Å². The lowest BCUT2D eigenvalue weighted by Crippen LogP contribution is -2.11. The van der Waals surface area contributed by atoms with Crippen LogP contribution >= 0.6 is 7.92 Å². The molecular weight excluding hydrogens is 307 g/mol. The van der Waals surface area contributed by atoms with Gasteiger partial charge in [0.2, 0.25) is 0 Å². The summed E-state index contributed by atoms with van der Waals surface area (Å²) in [6.45, 7) is 7.21. The second-order valence-electron chi connectivity index (χ2n) is 8.49. The van der Waals surface area contributed by atoms with Crippen molar-refractivity contribution in [1.29, 1.82) is 0 Å². The predicted molar refractivity (Wildman–Crippen MR) is 112 cm³/mol. The van der Waals surface area contributed by atoms with Crippen LogP contribution in [0.2, 0.25) is 0 Å². The Labute approximate surface area is 151 Å². The molecule has 0 aromatic rings. The van der Waals surface area contributed by atoms with Crippen molar-refractivity contribution in [2.75, 3.05) is 6.16 Å². The smallest absolute Gasteiger partial charge is 0.0196 e. The Morgan fingerprint density at radius 3 is 1.62 bits per heavy atom. The summed E-state index contributed by atoms with van der Waals surface area (Å²) < 4.78 is 0. The van der Waals surface area contributed by atoms with Crippen LogP contribution in [0, 0.1) is 5.41 Å². The van der Waals surface area contributed by atoms with Gasteiger partial charge in [-0.3, -0.25) is 0 Å². The topological polar surface area (TPSA) is 0 Å². The van der Waals surface area contributed by atoms with E-state index in [9.17, 15) is 0 Å². The molecule has 134 valence electrons. The molecule has 0 spiro atoms. The highest BCUT2D eigenvalue weighted by molar-refractivity contribution is 7.66. The van der Waals surface area contributed by atoms with E-state index in [1.165, 1.54) is 70.4 Å². The normalized spacial score (nSPS) is 28.0. The average molecular weight is 345 g/mol. The highest BCUT2D eigenvalue weighted by Crippen LogP contribution is 2.57. The first kappa shape index (κ1) is 19.7. The van der Waals surface area contributed by atoms with E-state index >= 15 is 0 Å². The van der Waals surface area contributed by atoms with E-state index in [2.05, 4.69) is 57.2 Å². The molecule has 0 nitrogen and oxygen atoms in total. The number of hydrogen-bond acceptors (Lipinski definition) is 0. The molecule has 0 unspecified atom stereocenters. The molecule has 0 radical (unpaired) electrons. The fourth-order valence-electron chi connectivity index (χ4n) is 3.42. The minimum Gasteiger partial charge on any atom is -0.0839 e. The van der Waals surface area contributed by atoms with Gasteiger partial charge in [-0.05, 0) is 81.5 Å². The fraction of sp³-hybridized carbons (Fsp3) is 0.652. The van der Waals surface area contributed by atoms with Gasteiger partial charge in [0.25, 0.3) is 0 Å². The second-order valence-corrected chi connectivity index (χ2v) is 10.7. The van der Waals surface area contributed by atoms with Crippen molar-refractivity contribution in [1.82, 2.24) is 0 Å². The van der Waals surface area contributed by atoms with Gasteiger partial charge in [0.1, 0.15) is 0 Å². The first-order valence-electron chi connectivity index (χ1n) is 10.1. The predicted octanol–water partition coefficient (Wildman–Crippen LogP) is 8.32. The summed E-state index contributed by atoms with van der Waals surface area (Å²) in [5.41, 5.74) is 0.381. The Morgan fingerprint density at radius 1 is 0.708 bits per heavy atom. The third-order valence-corrected chi connectivity index (χ3v) is 7.86. The zero-order valence-corrected chi connectivity index (χ0v) is 17.1. The number of allylic oxidation sites excluding steroid dienone is 8. The maximum atomic E-state index is 2.57. The van der Waals surface area contributed by atoms with Gasteiger partial charge in [0.05, 0.1) is 0 Å². The van der Waals surface area contributed by atoms with Crippen LogP contribution in [0.3, 0.4) is 0 Å². The fourth-order valence-corrected chi connectivity index (χ4v) is 6.30. The van der Waals surface area contributed by atoms with Crippen LogP contribution in [-0.2, 0) is 0 Å². The van der Waals surface area contributed by atoms with E-state index in [1.807, 2.05) is 0 Å². The van der Waals surface area contributed by atoms with Crippen molar-refractivity contribution >= 4 is 7.92 Å². The van der Waals surface area contributed by atoms with Gasteiger partial charge in [-0.25, -0.2) is 0 Å². The summed E-state index contributed by atoms with van der Waals surface area (Å²) >= 11 is 0. The Balaban J connectivity index is 2.30. The third kappa shape index (κ3) is 7.52. The van der Waals surface area contributed by atoms with Crippen molar-refractivity contribution in [3.05, 3.63) is 47.1 Å². The molecule has 0 saturated heterocycles. The minimum atomic E-state index is -0.218. The zero-order chi connectivity index (χ0) is 17.3. The minimum absolute atomic E-state index is 0.218.